The first-order valence-corrected chi connectivity index (χ1v) is 6.24. The summed E-state index contributed by atoms with van der Waals surface area (Å²) in [7, 11) is 0. The van der Waals surface area contributed by atoms with Gasteiger partial charge in [0, 0.05) is 18.5 Å². The molecule has 0 aromatic carbocycles. The van der Waals surface area contributed by atoms with Crippen molar-refractivity contribution in [1.82, 2.24) is 4.90 Å². The minimum atomic E-state index is -0.420. The van der Waals surface area contributed by atoms with E-state index in [1.807, 2.05) is 4.90 Å². The Labute approximate surface area is 96.8 Å². The summed E-state index contributed by atoms with van der Waals surface area (Å²) in [5.74, 6) is 0.510. The van der Waals surface area contributed by atoms with Crippen molar-refractivity contribution in [2.45, 2.75) is 38.6 Å². The van der Waals surface area contributed by atoms with Crippen LogP contribution < -0.4 is 5.73 Å². The van der Waals surface area contributed by atoms with Crippen LogP contribution in [0.15, 0.2) is 0 Å². The lowest BCUT2D eigenvalue weighted by atomic mass is 9.69. The van der Waals surface area contributed by atoms with Gasteiger partial charge in [0.15, 0.2) is 0 Å². The van der Waals surface area contributed by atoms with Crippen LogP contribution in [0.3, 0.4) is 0 Å². The van der Waals surface area contributed by atoms with E-state index in [1.54, 1.807) is 6.92 Å². The third kappa shape index (κ3) is 1.84. The van der Waals surface area contributed by atoms with E-state index in [2.05, 4.69) is 0 Å². The van der Waals surface area contributed by atoms with E-state index in [1.165, 1.54) is 12.8 Å². The Balaban J connectivity index is 2.10. The van der Waals surface area contributed by atoms with Crippen LogP contribution in [-0.2, 0) is 4.79 Å². The number of hydrogen-bond acceptors (Lipinski definition) is 3. The van der Waals surface area contributed by atoms with E-state index in [9.17, 15) is 9.90 Å². The van der Waals surface area contributed by atoms with Crippen LogP contribution in [0.4, 0.5) is 0 Å². The SMILES string of the molecule is C[C@H](N)C(=O)N1C[C@@H]2CCCC[C@]2(CO)C1. The summed E-state index contributed by atoms with van der Waals surface area (Å²) in [6.07, 6.45) is 4.60. The molecule has 0 aromatic heterocycles. The topological polar surface area (TPSA) is 66.6 Å². The quantitative estimate of drug-likeness (QED) is 0.714. The largest absolute Gasteiger partial charge is 0.396 e. The summed E-state index contributed by atoms with van der Waals surface area (Å²) < 4.78 is 0. The Kier molecular flexibility index (Phi) is 3.22. The van der Waals surface area contributed by atoms with Gasteiger partial charge in [-0.25, -0.2) is 0 Å². The number of aliphatic hydroxyl groups is 1. The Bertz CT molecular complexity index is 280. The minimum Gasteiger partial charge on any atom is -0.396 e. The number of rotatable bonds is 2. The van der Waals surface area contributed by atoms with Gasteiger partial charge < -0.3 is 15.7 Å². The molecular formula is C12H22N2O2. The lowest BCUT2D eigenvalue weighted by Crippen LogP contribution is -2.42. The van der Waals surface area contributed by atoms with Gasteiger partial charge in [0.1, 0.15) is 0 Å². The first-order valence-electron chi connectivity index (χ1n) is 6.24. The molecule has 2 fully saturated rings. The molecule has 1 saturated heterocycles. The van der Waals surface area contributed by atoms with Crippen molar-refractivity contribution in [1.29, 1.82) is 0 Å². The standard InChI is InChI=1S/C12H22N2O2/c1-9(13)11(16)14-6-10-4-2-3-5-12(10,7-14)8-15/h9-10,15H,2-8,13H2,1H3/t9-,10-,12+/m0/s1. The normalized spacial score (nSPS) is 35.9. The zero-order valence-electron chi connectivity index (χ0n) is 9.98. The van der Waals surface area contributed by atoms with Crippen LogP contribution in [0.1, 0.15) is 32.6 Å². The van der Waals surface area contributed by atoms with Crippen LogP contribution in [0.25, 0.3) is 0 Å². The highest BCUT2D eigenvalue weighted by atomic mass is 16.3. The Morgan fingerprint density at radius 1 is 1.62 bits per heavy atom. The summed E-state index contributed by atoms with van der Waals surface area (Å²) in [6, 6.07) is -0.420. The van der Waals surface area contributed by atoms with Crippen molar-refractivity contribution in [3.05, 3.63) is 0 Å². The van der Waals surface area contributed by atoms with Gasteiger partial charge in [-0.05, 0) is 25.7 Å². The van der Waals surface area contributed by atoms with Crippen LogP contribution >= 0.6 is 0 Å². The fourth-order valence-corrected chi connectivity index (χ4v) is 3.30. The molecule has 2 aliphatic rings. The second-order valence-corrected chi connectivity index (χ2v) is 5.47. The third-order valence-electron chi connectivity index (χ3n) is 4.31. The smallest absolute Gasteiger partial charge is 0.239 e. The number of hydrogen-bond donors (Lipinski definition) is 2. The van der Waals surface area contributed by atoms with Crippen molar-refractivity contribution < 1.29 is 9.90 Å². The molecule has 1 saturated carbocycles. The molecule has 16 heavy (non-hydrogen) atoms. The van der Waals surface area contributed by atoms with Gasteiger partial charge in [-0.2, -0.15) is 0 Å². The van der Waals surface area contributed by atoms with E-state index >= 15 is 0 Å². The lowest BCUT2D eigenvalue weighted by Gasteiger charge is -2.36. The summed E-state index contributed by atoms with van der Waals surface area (Å²) in [4.78, 5) is 13.7. The highest BCUT2D eigenvalue weighted by Gasteiger charge is 2.48. The number of likely N-dealkylation sites (tertiary alicyclic amines) is 1. The van der Waals surface area contributed by atoms with Crippen LogP contribution in [0.5, 0.6) is 0 Å². The van der Waals surface area contributed by atoms with Crippen molar-refractivity contribution in [3.8, 4) is 0 Å². The van der Waals surface area contributed by atoms with E-state index < -0.39 is 6.04 Å². The van der Waals surface area contributed by atoms with Crippen LogP contribution in [0.2, 0.25) is 0 Å². The van der Waals surface area contributed by atoms with Gasteiger partial charge in [0.05, 0.1) is 12.6 Å². The van der Waals surface area contributed by atoms with Gasteiger partial charge >= 0.3 is 0 Å². The van der Waals surface area contributed by atoms with Gasteiger partial charge in [-0.15, -0.1) is 0 Å². The molecule has 3 atom stereocenters. The molecule has 1 aliphatic heterocycles. The number of nitrogens with zero attached hydrogens (tertiary/aromatic N) is 1. The predicted molar refractivity (Wildman–Crippen MR) is 61.7 cm³/mol. The molecule has 0 radical (unpaired) electrons. The zero-order valence-corrected chi connectivity index (χ0v) is 9.98. The van der Waals surface area contributed by atoms with E-state index in [4.69, 9.17) is 5.73 Å². The minimum absolute atomic E-state index is 0.0250. The molecule has 4 heteroatoms. The molecular weight excluding hydrogens is 204 g/mol. The Morgan fingerprint density at radius 3 is 2.94 bits per heavy atom. The predicted octanol–water partition coefficient (Wildman–Crippen LogP) is 0.345. The van der Waals surface area contributed by atoms with Crippen molar-refractivity contribution in [3.63, 3.8) is 0 Å². The molecule has 1 heterocycles. The average Bonchev–Trinajstić information content (AvgIpc) is 2.67. The number of fused-ring (bicyclic) bond motifs is 1. The van der Waals surface area contributed by atoms with Crippen LogP contribution in [0, 0.1) is 11.3 Å². The van der Waals surface area contributed by atoms with Gasteiger partial charge in [0.2, 0.25) is 5.91 Å². The number of amides is 1. The molecule has 3 N–H and O–H groups in total. The number of aliphatic hydroxyl groups excluding tert-OH is 1. The molecule has 92 valence electrons. The van der Waals surface area contributed by atoms with Gasteiger partial charge in [-0.3, -0.25) is 4.79 Å². The summed E-state index contributed by atoms with van der Waals surface area (Å²) in [5.41, 5.74) is 5.61. The fourth-order valence-electron chi connectivity index (χ4n) is 3.30. The maximum absolute atomic E-state index is 11.9. The zero-order chi connectivity index (χ0) is 11.8. The Morgan fingerprint density at radius 2 is 2.38 bits per heavy atom. The lowest BCUT2D eigenvalue weighted by molar-refractivity contribution is -0.131. The molecule has 0 bridgehead atoms. The Hall–Kier alpha value is -0.610. The van der Waals surface area contributed by atoms with E-state index in [0.29, 0.717) is 12.5 Å². The van der Waals surface area contributed by atoms with E-state index in [-0.39, 0.29) is 17.9 Å². The van der Waals surface area contributed by atoms with Crippen molar-refractivity contribution in [2.24, 2.45) is 17.1 Å². The number of carbonyl (C=O) groups is 1. The fraction of sp³-hybridized carbons (Fsp3) is 0.917. The average molecular weight is 226 g/mol. The maximum atomic E-state index is 11.9. The highest BCUT2D eigenvalue weighted by Crippen LogP contribution is 2.46. The molecule has 0 spiro atoms. The van der Waals surface area contributed by atoms with Crippen molar-refractivity contribution in [2.75, 3.05) is 19.7 Å². The second-order valence-electron chi connectivity index (χ2n) is 5.47. The molecule has 1 amide bonds. The maximum Gasteiger partial charge on any atom is 0.239 e. The summed E-state index contributed by atoms with van der Waals surface area (Å²) in [5, 5.41) is 9.62. The summed E-state index contributed by atoms with van der Waals surface area (Å²) in [6.45, 7) is 3.44. The molecule has 4 nitrogen and oxygen atoms in total. The van der Waals surface area contributed by atoms with E-state index in [0.717, 1.165) is 19.4 Å². The number of nitrogens with two attached hydrogens (primary N) is 1. The summed E-state index contributed by atoms with van der Waals surface area (Å²) >= 11 is 0. The molecule has 2 rings (SSSR count). The number of carbonyl (C=O) groups excluding carboxylic acids is 1. The molecule has 1 aliphatic carbocycles. The first kappa shape index (κ1) is 11.9. The van der Waals surface area contributed by atoms with Crippen LogP contribution in [-0.4, -0.2) is 41.7 Å². The molecule has 0 unspecified atom stereocenters. The third-order valence-corrected chi connectivity index (χ3v) is 4.31. The monoisotopic (exact) mass is 226 g/mol. The first-order chi connectivity index (χ1) is 7.59. The van der Waals surface area contributed by atoms with Crippen molar-refractivity contribution >= 4 is 5.91 Å². The van der Waals surface area contributed by atoms with Gasteiger partial charge in [-0.1, -0.05) is 12.8 Å². The van der Waals surface area contributed by atoms with Gasteiger partial charge in [0.25, 0.3) is 0 Å². The second kappa shape index (κ2) is 4.34. The highest BCUT2D eigenvalue weighted by molar-refractivity contribution is 5.81. The molecule has 0 aromatic rings.